The third kappa shape index (κ3) is 5.29. The summed E-state index contributed by atoms with van der Waals surface area (Å²) in [5.74, 6) is -0.191. The Morgan fingerprint density at radius 2 is 2.11 bits per heavy atom. The maximum Gasteiger partial charge on any atom is 0.264 e. The Kier molecular flexibility index (Phi) is 7.94. The molecule has 0 fully saturated rings. The van der Waals surface area contributed by atoms with Gasteiger partial charge in [0.05, 0.1) is 19.0 Å². The van der Waals surface area contributed by atoms with Crippen molar-refractivity contribution in [3.05, 3.63) is 45.0 Å². The van der Waals surface area contributed by atoms with E-state index in [1.165, 1.54) is 11.7 Å². The number of H-pyrrole nitrogens is 1. The molecule has 0 radical (unpaired) electrons. The standard InChI is InChI=1S/C19H24N4O4S/c1-3-4-5-6-11-16(24)22-20-12-13-17(25)21-19(28)23(18(13)26)14-9-7-8-10-15(14)27-2/h7-10,12,26H,3-6,11H2,1-2H3,(H,22,24)(H,21,25,28). The van der Waals surface area contributed by atoms with Crippen LogP contribution in [0.5, 0.6) is 11.6 Å². The van der Waals surface area contributed by atoms with Crippen molar-refractivity contribution in [3.8, 4) is 17.3 Å². The van der Waals surface area contributed by atoms with Crippen molar-refractivity contribution < 1.29 is 14.6 Å². The van der Waals surface area contributed by atoms with Crippen molar-refractivity contribution in [1.29, 1.82) is 0 Å². The van der Waals surface area contributed by atoms with Crippen LogP contribution in [-0.2, 0) is 4.79 Å². The smallest absolute Gasteiger partial charge is 0.264 e. The van der Waals surface area contributed by atoms with Gasteiger partial charge < -0.3 is 9.84 Å². The van der Waals surface area contributed by atoms with Crippen LogP contribution in [0.15, 0.2) is 34.2 Å². The molecule has 2 aromatic rings. The summed E-state index contributed by atoms with van der Waals surface area (Å²) in [7, 11) is 1.49. The van der Waals surface area contributed by atoms with Crippen LogP contribution in [0, 0.1) is 4.77 Å². The van der Waals surface area contributed by atoms with Crippen molar-refractivity contribution >= 4 is 24.3 Å². The summed E-state index contributed by atoms with van der Waals surface area (Å²) >= 11 is 5.18. The number of hydrogen-bond acceptors (Lipinski definition) is 6. The average molecular weight is 404 g/mol. The minimum atomic E-state index is -0.616. The summed E-state index contributed by atoms with van der Waals surface area (Å²) in [6, 6.07) is 6.91. The summed E-state index contributed by atoms with van der Waals surface area (Å²) < 4.78 is 6.56. The fourth-order valence-electron chi connectivity index (χ4n) is 2.63. The molecule has 1 amide bonds. The van der Waals surface area contributed by atoms with Gasteiger partial charge in [-0.1, -0.05) is 38.3 Å². The number of aromatic amines is 1. The number of ether oxygens (including phenoxy) is 1. The molecule has 0 saturated heterocycles. The Morgan fingerprint density at radius 1 is 1.36 bits per heavy atom. The highest BCUT2D eigenvalue weighted by atomic mass is 32.1. The number of hydrazone groups is 1. The number of aromatic nitrogens is 2. The number of hydrogen-bond donors (Lipinski definition) is 3. The number of nitrogens with one attached hydrogen (secondary N) is 2. The molecule has 1 aromatic heterocycles. The number of rotatable bonds is 9. The molecule has 0 unspecified atom stereocenters. The van der Waals surface area contributed by atoms with Crippen molar-refractivity contribution in [2.24, 2.45) is 5.10 Å². The van der Waals surface area contributed by atoms with Gasteiger partial charge in [-0.3, -0.25) is 19.1 Å². The highest BCUT2D eigenvalue weighted by molar-refractivity contribution is 7.71. The summed E-state index contributed by atoms with van der Waals surface area (Å²) in [6.07, 6.45) is 5.38. The first-order valence-corrected chi connectivity index (χ1v) is 9.44. The maximum atomic E-state index is 12.2. The molecule has 0 aliphatic carbocycles. The zero-order valence-corrected chi connectivity index (χ0v) is 16.7. The van der Waals surface area contributed by atoms with Crippen LogP contribution in [0.1, 0.15) is 44.6 Å². The molecule has 0 atom stereocenters. The Hall–Kier alpha value is -2.94. The van der Waals surface area contributed by atoms with E-state index < -0.39 is 11.4 Å². The summed E-state index contributed by atoms with van der Waals surface area (Å²) in [5.41, 5.74) is 2.07. The minimum Gasteiger partial charge on any atom is -0.495 e. The van der Waals surface area contributed by atoms with Crippen LogP contribution in [0.25, 0.3) is 5.69 Å². The summed E-state index contributed by atoms with van der Waals surface area (Å²) in [6.45, 7) is 2.10. The Morgan fingerprint density at radius 3 is 2.82 bits per heavy atom. The van der Waals surface area contributed by atoms with Gasteiger partial charge in [0.25, 0.3) is 5.56 Å². The number of methoxy groups -OCH3 is 1. The number of unbranched alkanes of at least 4 members (excludes halogenated alkanes) is 3. The van der Waals surface area contributed by atoms with Crippen molar-refractivity contribution in [1.82, 2.24) is 15.0 Å². The van der Waals surface area contributed by atoms with E-state index in [2.05, 4.69) is 22.4 Å². The second kappa shape index (κ2) is 10.4. The molecular weight excluding hydrogens is 380 g/mol. The molecular formula is C19H24N4O4S. The molecule has 0 saturated carbocycles. The maximum absolute atomic E-state index is 12.2. The van der Waals surface area contributed by atoms with Gasteiger partial charge in [-0.25, -0.2) is 5.43 Å². The average Bonchev–Trinajstić information content (AvgIpc) is 2.68. The minimum absolute atomic E-state index is 0.00381. The van der Waals surface area contributed by atoms with E-state index >= 15 is 0 Å². The normalized spacial score (nSPS) is 10.9. The van der Waals surface area contributed by atoms with Gasteiger partial charge in [0.1, 0.15) is 11.3 Å². The zero-order valence-electron chi connectivity index (χ0n) is 15.9. The van der Waals surface area contributed by atoms with Crippen LogP contribution in [0.4, 0.5) is 0 Å². The molecule has 150 valence electrons. The van der Waals surface area contributed by atoms with Gasteiger partial charge in [0.2, 0.25) is 11.8 Å². The number of amides is 1. The second-order valence-corrected chi connectivity index (χ2v) is 6.49. The van der Waals surface area contributed by atoms with Gasteiger partial charge in [0, 0.05) is 6.42 Å². The SMILES string of the molecule is CCCCCCC(=O)NN=Cc1c(O)n(-c2ccccc2OC)c(=S)[nH]c1=O. The van der Waals surface area contributed by atoms with Crippen LogP contribution >= 0.6 is 12.2 Å². The van der Waals surface area contributed by atoms with Crippen LogP contribution < -0.4 is 15.7 Å². The topological polar surface area (TPSA) is 109 Å². The quantitative estimate of drug-likeness (QED) is 0.258. The van der Waals surface area contributed by atoms with Crippen LogP contribution in [-0.4, -0.2) is 33.9 Å². The largest absolute Gasteiger partial charge is 0.495 e. The molecule has 0 spiro atoms. The number of aromatic hydroxyl groups is 1. The van der Waals surface area contributed by atoms with Crippen LogP contribution in [0.2, 0.25) is 0 Å². The van der Waals surface area contributed by atoms with E-state index in [4.69, 9.17) is 17.0 Å². The number of carbonyl (C=O) groups is 1. The predicted molar refractivity (Wildman–Crippen MR) is 110 cm³/mol. The first-order valence-electron chi connectivity index (χ1n) is 9.03. The van der Waals surface area contributed by atoms with Crippen molar-refractivity contribution in [3.63, 3.8) is 0 Å². The summed E-state index contributed by atoms with van der Waals surface area (Å²) in [5, 5.41) is 14.4. The lowest BCUT2D eigenvalue weighted by atomic mass is 10.1. The van der Waals surface area contributed by atoms with E-state index in [0.29, 0.717) is 17.9 Å². The fraction of sp³-hybridized carbons (Fsp3) is 0.368. The molecule has 3 N–H and O–H groups in total. The molecule has 2 rings (SSSR count). The van der Waals surface area contributed by atoms with Gasteiger partial charge in [-0.2, -0.15) is 5.10 Å². The third-order valence-electron chi connectivity index (χ3n) is 4.09. The molecule has 0 aliphatic rings. The number of benzene rings is 1. The Labute approximate surface area is 167 Å². The Balaban J connectivity index is 2.26. The fourth-order valence-corrected chi connectivity index (χ4v) is 2.91. The molecule has 8 nitrogen and oxygen atoms in total. The lowest BCUT2D eigenvalue weighted by Gasteiger charge is -2.14. The van der Waals surface area contributed by atoms with E-state index in [-0.39, 0.29) is 16.2 Å². The van der Waals surface area contributed by atoms with Gasteiger partial charge >= 0.3 is 0 Å². The van der Waals surface area contributed by atoms with E-state index in [9.17, 15) is 14.7 Å². The van der Waals surface area contributed by atoms with E-state index in [1.54, 1.807) is 24.3 Å². The number of carbonyl (C=O) groups excluding carboxylic acids is 1. The second-order valence-electron chi connectivity index (χ2n) is 6.11. The van der Waals surface area contributed by atoms with Gasteiger partial charge in [-0.05, 0) is 30.8 Å². The third-order valence-corrected chi connectivity index (χ3v) is 4.37. The van der Waals surface area contributed by atoms with Crippen molar-refractivity contribution in [2.75, 3.05) is 7.11 Å². The first kappa shape index (κ1) is 21.4. The van der Waals surface area contributed by atoms with E-state index in [0.717, 1.165) is 31.9 Å². The molecule has 9 heteroatoms. The van der Waals surface area contributed by atoms with E-state index in [1.807, 2.05) is 0 Å². The number of para-hydroxylation sites is 2. The predicted octanol–water partition coefficient (Wildman–Crippen LogP) is 3.03. The first-order chi connectivity index (χ1) is 13.5. The zero-order chi connectivity index (χ0) is 20.5. The monoisotopic (exact) mass is 404 g/mol. The molecule has 1 heterocycles. The summed E-state index contributed by atoms with van der Waals surface area (Å²) in [4.78, 5) is 26.5. The molecule has 0 bridgehead atoms. The molecule has 28 heavy (non-hydrogen) atoms. The van der Waals surface area contributed by atoms with Crippen LogP contribution in [0.3, 0.4) is 0 Å². The highest BCUT2D eigenvalue weighted by Crippen LogP contribution is 2.26. The highest BCUT2D eigenvalue weighted by Gasteiger charge is 2.15. The van der Waals surface area contributed by atoms with Crippen molar-refractivity contribution in [2.45, 2.75) is 39.0 Å². The number of nitrogens with zero attached hydrogens (tertiary/aromatic N) is 2. The molecule has 1 aromatic carbocycles. The molecule has 0 aliphatic heterocycles. The Bertz CT molecular complexity index is 965. The lowest BCUT2D eigenvalue weighted by Crippen LogP contribution is -2.21. The van der Waals surface area contributed by atoms with Gasteiger partial charge in [0.15, 0.2) is 4.77 Å². The van der Waals surface area contributed by atoms with Gasteiger partial charge in [-0.15, -0.1) is 0 Å². The lowest BCUT2D eigenvalue weighted by molar-refractivity contribution is -0.121.